The lowest BCUT2D eigenvalue weighted by Gasteiger charge is -2.02. The highest BCUT2D eigenvalue weighted by Crippen LogP contribution is 2.21. The first-order valence-corrected chi connectivity index (χ1v) is 7.31. The van der Waals surface area contributed by atoms with Gasteiger partial charge in [0.1, 0.15) is 0 Å². The molecule has 3 rings (SSSR count). The van der Waals surface area contributed by atoms with Gasteiger partial charge in [-0.1, -0.05) is 39.0 Å². The van der Waals surface area contributed by atoms with Crippen molar-refractivity contribution in [3.63, 3.8) is 0 Å². The summed E-state index contributed by atoms with van der Waals surface area (Å²) in [4.78, 5) is 16.9. The molecule has 0 radical (unpaired) electrons. The molecule has 0 aliphatic rings. The summed E-state index contributed by atoms with van der Waals surface area (Å²) in [5, 5.41) is 0. The van der Waals surface area contributed by atoms with Crippen LogP contribution in [-0.2, 0) is 0 Å². The Bertz CT molecular complexity index is 624. The van der Waals surface area contributed by atoms with Crippen LogP contribution >= 0.6 is 0 Å². The summed E-state index contributed by atoms with van der Waals surface area (Å²) in [7, 11) is 0. The Morgan fingerprint density at radius 2 is 1.00 bits per heavy atom. The first-order chi connectivity index (χ1) is 10.7. The Balaban J connectivity index is 0.000000396. The average molecular weight is 292 g/mol. The maximum Gasteiger partial charge on any atom is 0.159 e. The van der Waals surface area contributed by atoms with Crippen molar-refractivity contribution >= 4 is 0 Å². The van der Waals surface area contributed by atoms with Crippen molar-refractivity contribution in [2.75, 3.05) is 0 Å². The molecule has 1 aromatic carbocycles. The molecule has 112 valence electrons. The predicted octanol–water partition coefficient (Wildman–Crippen LogP) is 4.26. The fourth-order valence-electron chi connectivity index (χ4n) is 1.69. The molecule has 0 aliphatic heterocycles. The van der Waals surface area contributed by atoms with Gasteiger partial charge >= 0.3 is 0 Å². The molecular formula is C18H20N4. The highest BCUT2D eigenvalue weighted by molar-refractivity contribution is 5.65. The molecule has 2 heterocycles. The van der Waals surface area contributed by atoms with Gasteiger partial charge in [-0.3, -0.25) is 0 Å². The highest BCUT2D eigenvalue weighted by Gasteiger charge is 2.04. The van der Waals surface area contributed by atoms with Crippen molar-refractivity contribution in [3.8, 4) is 22.8 Å². The number of aromatic nitrogens is 4. The van der Waals surface area contributed by atoms with E-state index in [1.807, 2.05) is 24.3 Å². The van der Waals surface area contributed by atoms with Crippen LogP contribution in [0.3, 0.4) is 0 Å². The average Bonchev–Trinajstić information content (AvgIpc) is 2.56. The van der Waals surface area contributed by atoms with Crippen LogP contribution in [-0.4, -0.2) is 19.9 Å². The number of hydrogen-bond acceptors (Lipinski definition) is 4. The maximum absolute atomic E-state index is 4.23. The van der Waals surface area contributed by atoms with Crippen LogP contribution in [0.4, 0.5) is 0 Å². The lowest BCUT2D eigenvalue weighted by molar-refractivity contribution is 0.737. The SMILES string of the molecule is CC(C)C.c1cnc(-c2cccc(-c3ncccn3)c2)nc1. The van der Waals surface area contributed by atoms with Crippen LogP contribution in [0.25, 0.3) is 22.8 Å². The number of benzene rings is 1. The van der Waals surface area contributed by atoms with Gasteiger partial charge in [-0.2, -0.15) is 0 Å². The van der Waals surface area contributed by atoms with Gasteiger partial charge < -0.3 is 0 Å². The van der Waals surface area contributed by atoms with E-state index in [2.05, 4.69) is 40.7 Å². The highest BCUT2D eigenvalue weighted by atomic mass is 14.9. The van der Waals surface area contributed by atoms with Crippen LogP contribution in [0.1, 0.15) is 20.8 Å². The summed E-state index contributed by atoms with van der Waals surface area (Å²) in [5.41, 5.74) is 1.92. The van der Waals surface area contributed by atoms with E-state index in [9.17, 15) is 0 Å². The molecule has 0 saturated carbocycles. The second-order valence-electron chi connectivity index (χ2n) is 5.46. The zero-order valence-electron chi connectivity index (χ0n) is 13.1. The molecule has 0 amide bonds. The predicted molar refractivity (Wildman–Crippen MR) is 89.0 cm³/mol. The van der Waals surface area contributed by atoms with E-state index >= 15 is 0 Å². The van der Waals surface area contributed by atoms with Crippen molar-refractivity contribution in [2.45, 2.75) is 20.8 Å². The first-order valence-electron chi connectivity index (χ1n) is 7.31. The van der Waals surface area contributed by atoms with Crippen LogP contribution in [0.15, 0.2) is 61.2 Å². The molecule has 2 aromatic heterocycles. The Labute approximate surface area is 131 Å². The van der Waals surface area contributed by atoms with Crippen molar-refractivity contribution in [3.05, 3.63) is 61.2 Å². The van der Waals surface area contributed by atoms with E-state index in [4.69, 9.17) is 0 Å². The van der Waals surface area contributed by atoms with Crippen molar-refractivity contribution < 1.29 is 0 Å². The van der Waals surface area contributed by atoms with Gasteiger partial charge in [0.2, 0.25) is 0 Å². The molecule has 4 nitrogen and oxygen atoms in total. The second kappa shape index (κ2) is 7.98. The standard InChI is InChI=1S/C14H10N4.C4H10/c1-4-11(13-15-6-2-7-16-13)10-12(5-1)14-17-8-3-9-18-14;1-4(2)3/h1-10H;4H,1-3H3. The molecule has 0 fully saturated rings. The molecule has 0 bridgehead atoms. The summed E-state index contributed by atoms with van der Waals surface area (Å²) in [5.74, 6) is 2.24. The van der Waals surface area contributed by atoms with E-state index in [0.29, 0.717) is 11.6 Å². The Morgan fingerprint density at radius 1 is 0.636 bits per heavy atom. The van der Waals surface area contributed by atoms with Crippen molar-refractivity contribution in [1.82, 2.24) is 19.9 Å². The molecule has 22 heavy (non-hydrogen) atoms. The Morgan fingerprint density at radius 3 is 1.36 bits per heavy atom. The summed E-state index contributed by atoms with van der Waals surface area (Å²) >= 11 is 0. The normalized spacial score (nSPS) is 10.0. The quantitative estimate of drug-likeness (QED) is 0.708. The lowest BCUT2D eigenvalue weighted by Crippen LogP contribution is -1.90. The van der Waals surface area contributed by atoms with Crippen LogP contribution in [0, 0.1) is 5.92 Å². The van der Waals surface area contributed by atoms with Gasteiger partial charge in [-0.15, -0.1) is 0 Å². The summed E-state index contributed by atoms with van der Waals surface area (Å²) in [6.45, 7) is 6.50. The minimum absolute atomic E-state index is 0.704. The van der Waals surface area contributed by atoms with E-state index in [-0.39, 0.29) is 0 Å². The fourth-order valence-corrected chi connectivity index (χ4v) is 1.69. The molecule has 0 aliphatic carbocycles. The summed E-state index contributed by atoms with van der Waals surface area (Å²) in [6.07, 6.45) is 6.92. The second-order valence-corrected chi connectivity index (χ2v) is 5.46. The lowest BCUT2D eigenvalue weighted by atomic mass is 10.1. The molecule has 0 atom stereocenters. The van der Waals surface area contributed by atoms with E-state index in [1.165, 1.54) is 0 Å². The zero-order chi connectivity index (χ0) is 15.8. The van der Waals surface area contributed by atoms with E-state index < -0.39 is 0 Å². The van der Waals surface area contributed by atoms with E-state index in [0.717, 1.165) is 17.0 Å². The van der Waals surface area contributed by atoms with Crippen molar-refractivity contribution in [1.29, 1.82) is 0 Å². The maximum atomic E-state index is 4.23. The van der Waals surface area contributed by atoms with Crippen LogP contribution in [0.5, 0.6) is 0 Å². The monoisotopic (exact) mass is 292 g/mol. The van der Waals surface area contributed by atoms with Gasteiger partial charge in [0, 0.05) is 35.9 Å². The van der Waals surface area contributed by atoms with Crippen LogP contribution in [0.2, 0.25) is 0 Å². The van der Waals surface area contributed by atoms with Gasteiger partial charge in [-0.25, -0.2) is 19.9 Å². The molecule has 3 aromatic rings. The zero-order valence-corrected chi connectivity index (χ0v) is 13.1. The van der Waals surface area contributed by atoms with E-state index in [1.54, 1.807) is 36.9 Å². The van der Waals surface area contributed by atoms with Gasteiger partial charge in [0.25, 0.3) is 0 Å². The number of nitrogens with zero attached hydrogens (tertiary/aromatic N) is 4. The fraction of sp³-hybridized carbons (Fsp3) is 0.222. The number of hydrogen-bond donors (Lipinski definition) is 0. The van der Waals surface area contributed by atoms with Crippen LogP contribution < -0.4 is 0 Å². The summed E-state index contributed by atoms with van der Waals surface area (Å²) < 4.78 is 0. The minimum atomic E-state index is 0.704. The molecule has 0 saturated heterocycles. The van der Waals surface area contributed by atoms with Gasteiger partial charge in [0.15, 0.2) is 11.6 Å². The smallest absolute Gasteiger partial charge is 0.159 e. The minimum Gasteiger partial charge on any atom is -0.237 e. The Hall–Kier alpha value is -2.62. The van der Waals surface area contributed by atoms with Crippen molar-refractivity contribution in [2.24, 2.45) is 5.92 Å². The first kappa shape index (κ1) is 15.8. The largest absolute Gasteiger partial charge is 0.237 e. The molecule has 0 N–H and O–H groups in total. The third-order valence-electron chi connectivity index (χ3n) is 2.51. The third kappa shape index (κ3) is 4.74. The topological polar surface area (TPSA) is 51.6 Å². The Kier molecular flexibility index (Phi) is 5.72. The number of rotatable bonds is 2. The summed E-state index contributed by atoms with van der Waals surface area (Å²) in [6, 6.07) is 11.5. The van der Waals surface area contributed by atoms with Gasteiger partial charge in [0.05, 0.1) is 0 Å². The molecular weight excluding hydrogens is 272 g/mol. The van der Waals surface area contributed by atoms with Gasteiger partial charge in [-0.05, 0) is 24.1 Å². The third-order valence-corrected chi connectivity index (χ3v) is 2.51. The molecule has 0 unspecified atom stereocenters. The molecule has 0 spiro atoms. The molecule has 4 heteroatoms.